The summed E-state index contributed by atoms with van der Waals surface area (Å²) in [5, 5.41) is 1.92. The molecule has 0 unspecified atom stereocenters. The van der Waals surface area contributed by atoms with Crippen LogP contribution in [0.1, 0.15) is 0 Å². The number of nitrogens with zero attached hydrogens (tertiary/aromatic N) is 2. The van der Waals surface area contributed by atoms with Crippen molar-refractivity contribution in [2.24, 2.45) is 0 Å². The van der Waals surface area contributed by atoms with Crippen molar-refractivity contribution in [3.8, 4) is 16.9 Å². The van der Waals surface area contributed by atoms with Gasteiger partial charge in [0.25, 0.3) is 0 Å². The summed E-state index contributed by atoms with van der Waals surface area (Å²) < 4.78 is 5.17. The summed E-state index contributed by atoms with van der Waals surface area (Å²) in [6.07, 6.45) is 5.29. The van der Waals surface area contributed by atoms with Gasteiger partial charge in [0.1, 0.15) is 11.6 Å². The van der Waals surface area contributed by atoms with E-state index in [1.807, 2.05) is 30.3 Å². The van der Waals surface area contributed by atoms with Gasteiger partial charge in [0.2, 0.25) is 0 Å². The Morgan fingerprint density at radius 1 is 1.00 bits per heavy atom. The topological polar surface area (TPSA) is 61.0 Å². The fourth-order valence-corrected chi connectivity index (χ4v) is 2.11. The van der Waals surface area contributed by atoms with Crippen LogP contribution in [0.3, 0.4) is 0 Å². The molecule has 0 radical (unpaired) electrons. The molecule has 3 aromatic rings. The van der Waals surface area contributed by atoms with Gasteiger partial charge in [0, 0.05) is 29.5 Å². The van der Waals surface area contributed by atoms with Crippen LogP contribution in [-0.4, -0.2) is 17.1 Å². The van der Waals surface area contributed by atoms with E-state index < -0.39 is 0 Å². The van der Waals surface area contributed by atoms with Crippen LogP contribution in [-0.2, 0) is 0 Å². The van der Waals surface area contributed by atoms with Crippen molar-refractivity contribution >= 4 is 16.6 Å². The molecule has 0 saturated carbocycles. The Balaban J connectivity index is 2.21. The van der Waals surface area contributed by atoms with Crippen molar-refractivity contribution in [2.75, 3.05) is 12.8 Å². The van der Waals surface area contributed by atoms with Gasteiger partial charge in [-0.25, -0.2) is 4.98 Å². The standard InChI is InChI=1S/C15H13N3O/c1-19-11-4-2-10(3-5-11)13-9-18-15(16)14-8-17-7-6-12(13)14/h2-9H,1H3,(H2,16,18). The normalized spacial score (nSPS) is 10.6. The third-order valence-corrected chi connectivity index (χ3v) is 3.12. The maximum atomic E-state index is 5.88. The highest BCUT2D eigenvalue weighted by Crippen LogP contribution is 2.30. The third kappa shape index (κ3) is 1.97. The molecule has 94 valence electrons. The zero-order valence-electron chi connectivity index (χ0n) is 10.5. The quantitative estimate of drug-likeness (QED) is 0.760. The van der Waals surface area contributed by atoms with Crippen molar-refractivity contribution < 1.29 is 4.74 Å². The fourth-order valence-electron chi connectivity index (χ4n) is 2.11. The summed E-state index contributed by atoms with van der Waals surface area (Å²) in [4.78, 5) is 8.33. The van der Waals surface area contributed by atoms with Crippen molar-refractivity contribution in [2.45, 2.75) is 0 Å². The SMILES string of the molecule is COc1ccc(-c2cnc(N)c3cnccc23)cc1. The van der Waals surface area contributed by atoms with Crippen LogP contribution in [0.2, 0.25) is 0 Å². The van der Waals surface area contributed by atoms with Gasteiger partial charge < -0.3 is 10.5 Å². The van der Waals surface area contributed by atoms with Crippen LogP contribution >= 0.6 is 0 Å². The summed E-state index contributed by atoms with van der Waals surface area (Å²) in [5.41, 5.74) is 7.99. The Morgan fingerprint density at radius 3 is 2.53 bits per heavy atom. The number of benzene rings is 1. The fraction of sp³-hybridized carbons (Fsp3) is 0.0667. The van der Waals surface area contributed by atoms with E-state index in [1.165, 1.54) is 0 Å². The van der Waals surface area contributed by atoms with Crippen LogP contribution in [0, 0.1) is 0 Å². The minimum absolute atomic E-state index is 0.500. The largest absolute Gasteiger partial charge is 0.497 e. The number of nitrogens with two attached hydrogens (primary N) is 1. The van der Waals surface area contributed by atoms with Crippen LogP contribution in [0.5, 0.6) is 5.75 Å². The molecule has 0 saturated heterocycles. The highest BCUT2D eigenvalue weighted by atomic mass is 16.5. The van der Waals surface area contributed by atoms with Gasteiger partial charge in [-0.15, -0.1) is 0 Å². The Kier molecular flexibility index (Phi) is 2.76. The van der Waals surface area contributed by atoms with E-state index in [1.54, 1.807) is 25.7 Å². The Bertz CT molecular complexity index is 723. The number of methoxy groups -OCH3 is 1. The van der Waals surface area contributed by atoms with Gasteiger partial charge in [0.05, 0.1) is 7.11 Å². The van der Waals surface area contributed by atoms with Crippen LogP contribution in [0.15, 0.2) is 48.9 Å². The monoisotopic (exact) mass is 251 g/mol. The van der Waals surface area contributed by atoms with Crippen LogP contribution in [0.4, 0.5) is 5.82 Å². The number of pyridine rings is 2. The van der Waals surface area contributed by atoms with E-state index in [-0.39, 0.29) is 0 Å². The Labute approximate surface area is 110 Å². The first-order valence-corrected chi connectivity index (χ1v) is 5.92. The number of hydrogen-bond donors (Lipinski definition) is 1. The molecule has 0 atom stereocenters. The van der Waals surface area contributed by atoms with E-state index in [0.29, 0.717) is 5.82 Å². The summed E-state index contributed by atoms with van der Waals surface area (Å²) in [5.74, 6) is 1.33. The number of hydrogen-bond acceptors (Lipinski definition) is 4. The lowest BCUT2D eigenvalue weighted by atomic mass is 10.0. The second kappa shape index (κ2) is 4.57. The van der Waals surface area contributed by atoms with Gasteiger partial charge in [-0.3, -0.25) is 4.98 Å². The molecule has 0 amide bonds. The molecule has 2 aromatic heterocycles. The molecule has 3 rings (SSSR count). The molecule has 1 aromatic carbocycles. The minimum Gasteiger partial charge on any atom is -0.497 e. The van der Waals surface area contributed by atoms with E-state index in [2.05, 4.69) is 9.97 Å². The molecule has 0 aliphatic heterocycles. The minimum atomic E-state index is 0.500. The zero-order chi connectivity index (χ0) is 13.2. The smallest absolute Gasteiger partial charge is 0.132 e. The van der Waals surface area contributed by atoms with E-state index in [4.69, 9.17) is 10.5 Å². The van der Waals surface area contributed by atoms with Gasteiger partial charge in [-0.05, 0) is 29.1 Å². The van der Waals surface area contributed by atoms with Gasteiger partial charge >= 0.3 is 0 Å². The lowest BCUT2D eigenvalue weighted by Gasteiger charge is -2.08. The highest BCUT2D eigenvalue weighted by Gasteiger charge is 2.07. The molecule has 19 heavy (non-hydrogen) atoms. The van der Waals surface area contributed by atoms with E-state index in [9.17, 15) is 0 Å². The molecular formula is C15H13N3O. The molecule has 0 bridgehead atoms. The summed E-state index contributed by atoms with van der Waals surface area (Å²) in [6, 6.07) is 9.82. The molecule has 0 spiro atoms. The summed E-state index contributed by atoms with van der Waals surface area (Å²) in [6.45, 7) is 0. The molecule has 0 aliphatic carbocycles. The molecule has 4 heteroatoms. The molecule has 0 fully saturated rings. The summed E-state index contributed by atoms with van der Waals surface area (Å²) in [7, 11) is 1.65. The van der Waals surface area contributed by atoms with Crippen molar-refractivity contribution in [1.29, 1.82) is 0 Å². The second-order valence-corrected chi connectivity index (χ2v) is 4.21. The summed E-state index contributed by atoms with van der Waals surface area (Å²) >= 11 is 0. The number of rotatable bonds is 2. The second-order valence-electron chi connectivity index (χ2n) is 4.21. The first-order chi connectivity index (χ1) is 9.29. The zero-order valence-corrected chi connectivity index (χ0v) is 10.5. The predicted octanol–water partition coefficient (Wildman–Crippen LogP) is 2.89. The molecule has 2 N–H and O–H groups in total. The number of fused-ring (bicyclic) bond motifs is 1. The van der Waals surface area contributed by atoms with Crippen molar-refractivity contribution in [3.63, 3.8) is 0 Å². The first-order valence-electron chi connectivity index (χ1n) is 5.92. The highest BCUT2D eigenvalue weighted by molar-refractivity contribution is 6.00. The number of nitrogen functional groups attached to an aromatic ring is 1. The average Bonchev–Trinajstić information content (AvgIpc) is 2.48. The van der Waals surface area contributed by atoms with Gasteiger partial charge in [-0.2, -0.15) is 0 Å². The molecule has 0 aliphatic rings. The van der Waals surface area contributed by atoms with E-state index in [0.717, 1.165) is 27.6 Å². The van der Waals surface area contributed by atoms with Gasteiger partial charge in [0.15, 0.2) is 0 Å². The van der Waals surface area contributed by atoms with Crippen LogP contribution < -0.4 is 10.5 Å². The molecular weight excluding hydrogens is 238 g/mol. The maximum absolute atomic E-state index is 5.88. The number of aromatic nitrogens is 2. The molecule has 4 nitrogen and oxygen atoms in total. The maximum Gasteiger partial charge on any atom is 0.132 e. The lowest BCUT2D eigenvalue weighted by molar-refractivity contribution is 0.415. The third-order valence-electron chi connectivity index (χ3n) is 3.12. The predicted molar refractivity (Wildman–Crippen MR) is 75.9 cm³/mol. The number of ether oxygens (including phenoxy) is 1. The van der Waals surface area contributed by atoms with Gasteiger partial charge in [-0.1, -0.05) is 12.1 Å². The lowest BCUT2D eigenvalue weighted by Crippen LogP contribution is -1.94. The Hall–Kier alpha value is -2.62. The van der Waals surface area contributed by atoms with E-state index >= 15 is 0 Å². The Morgan fingerprint density at radius 2 is 1.79 bits per heavy atom. The van der Waals surface area contributed by atoms with Crippen LogP contribution in [0.25, 0.3) is 21.9 Å². The van der Waals surface area contributed by atoms with Crippen molar-refractivity contribution in [3.05, 3.63) is 48.9 Å². The number of anilines is 1. The average molecular weight is 251 g/mol. The first kappa shape index (κ1) is 11.5. The molecule has 2 heterocycles. The van der Waals surface area contributed by atoms with Crippen molar-refractivity contribution in [1.82, 2.24) is 9.97 Å².